The number of likely N-dealkylation sites (N-methyl/N-ethyl adjacent to an activating group) is 1. The molecule has 0 heterocycles. The number of hydrogen-bond donors (Lipinski definition) is 1. The van der Waals surface area contributed by atoms with Crippen molar-refractivity contribution in [3.05, 3.63) is 35.4 Å². The van der Waals surface area contributed by atoms with Crippen LogP contribution in [-0.4, -0.2) is 24.6 Å². The summed E-state index contributed by atoms with van der Waals surface area (Å²) in [7, 11) is 1.38. The number of nitrogens with zero attached hydrogens (tertiary/aromatic N) is 1. The van der Waals surface area contributed by atoms with Crippen LogP contribution in [0.25, 0.3) is 0 Å². The number of amides is 1. The molecule has 0 radical (unpaired) electrons. The molecule has 0 unspecified atom stereocenters. The third-order valence-electron chi connectivity index (χ3n) is 1.89. The van der Waals surface area contributed by atoms with Gasteiger partial charge in [0.2, 0.25) is 0 Å². The van der Waals surface area contributed by atoms with Gasteiger partial charge in [0.25, 0.3) is 5.91 Å². The van der Waals surface area contributed by atoms with Gasteiger partial charge in [-0.2, -0.15) is 0 Å². The Labute approximate surface area is 91.6 Å². The second-order valence-electron chi connectivity index (χ2n) is 3.23. The Balaban J connectivity index is 2.46. The molecule has 0 atom stereocenters. The predicted molar refractivity (Wildman–Crippen MR) is 53.0 cm³/mol. The SMILES string of the molecule is CN(N)C(=O)COCc1ccc(F)cc1F. The molecule has 1 aromatic rings. The molecule has 4 nitrogen and oxygen atoms in total. The van der Waals surface area contributed by atoms with E-state index in [1.807, 2.05) is 0 Å². The lowest BCUT2D eigenvalue weighted by atomic mass is 10.2. The van der Waals surface area contributed by atoms with E-state index >= 15 is 0 Å². The summed E-state index contributed by atoms with van der Waals surface area (Å²) in [5.74, 6) is 3.36. The normalized spacial score (nSPS) is 10.2. The summed E-state index contributed by atoms with van der Waals surface area (Å²) < 4.78 is 30.6. The van der Waals surface area contributed by atoms with Gasteiger partial charge in [-0.3, -0.25) is 9.80 Å². The van der Waals surface area contributed by atoms with Gasteiger partial charge >= 0.3 is 0 Å². The highest BCUT2D eigenvalue weighted by atomic mass is 19.1. The Morgan fingerprint density at radius 2 is 2.19 bits per heavy atom. The van der Waals surface area contributed by atoms with E-state index in [1.165, 1.54) is 13.1 Å². The Morgan fingerprint density at radius 1 is 1.50 bits per heavy atom. The second kappa shape index (κ2) is 5.53. The van der Waals surface area contributed by atoms with E-state index in [2.05, 4.69) is 0 Å². The Bertz CT molecular complexity index is 383. The van der Waals surface area contributed by atoms with Crippen LogP contribution in [-0.2, 0) is 16.1 Å². The van der Waals surface area contributed by atoms with Gasteiger partial charge in [-0.15, -0.1) is 0 Å². The van der Waals surface area contributed by atoms with E-state index in [0.29, 0.717) is 0 Å². The summed E-state index contributed by atoms with van der Waals surface area (Å²) in [5.41, 5.74) is 0.189. The number of halogens is 2. The van der Waals surface area contributed by atoms with Crippen LogP contribution in [0.4, 0.5) is 8.78 Å². The largest absolute Gasteiger partial charge is 0.367 e. The fraction of sp³-hybridized carbons (Fsp3) is 0.300. The van der Waals surface area contributed by atoms with E-state index in [4.69, 9.17) is 10.6 Å². The Morgan fingerprint density at radius 3 is 2.75 bits per heavy atom. The van der Waals surface area contributed by atoms with Gasteiger partial charge in [-0.1, -0.05) is 6.07 Å². The fourth-order valence-corrected chi connectivity index (χ4v) is 0.989. The molecule has 0 fully saturated rings. The van der Waals surface area contributed by atoms with Gasteiger partial charge in [0.05, 0.1) is 6.61 Å². The molecule has 0 spiro atoms. The molecular weight excluding hydrogens is 218 g/mol. The molecule has 0 saturated heterocycles. The average Bonchev–Trinajstić information content (AvgIpc) is 2.20. The lowest BCUT2D eigenvalue weighted by Crippen LogP contribution is -2.35. The Hall–Kier alpha value is -1.53. The molecule has 1 aromatic carbocycles. The summed E-state index contributed by atoms with van der Waals surface area (Å²) >= 11 is 0. The van der Waals surface area contributed by atoms with Crippen LogP contribution in [0.15, 0.2) is 18.2 Å². The van der Waals surface area contributed by atoms with E-state index in [-0.39, 0.29) is 18.8 Å². The van der Waals surface area contributed by atoms with Crippen molar-refractivity contribution in [1.82, 2.24) is 5.01 Å². The molecule has 1 rings (SSSR count). The van der Waals surface area contributed by atoms with E-state index in [0.717, 1.165) is 17.1 Å². The maximum absolute atomic E-state index is 13.1. The zero-order valence-corrected chi connectivity index (χ0v) is 8.74. The summed E-state index contributed by atoms with van der Waals surface area (Å²) in [6.45, 7) is -0.352. The molecule has 0 aliphatic rings. The van der Waals surface area contributed by atoms with Gasteiger partial charge < -0.3 is 4.74 Å². The zero-order chi connectivity index (χ0) is 12.1. The van der Waals surface area contributed by atoms with Gasteiger partial charge in [-0.05, 0) is 6.07 Å². The summed E-state index contributed by atoms with van der Waals surface area (Å²) in [6, 6.07) is 3.15. The molecule has 0 aliphatic heterocycles. The maximum Gasteiger partial charge on any atom is 0.262 e. The molecule has 0 bridgehead atoms. The first-order valence-electron chi connectivity index (χ1n) is 4.53. The van der Waals surface area contributed by atoms with Crippen LogP contribution in [0, 0.1) is 11.6 Å². The zero-order valence-electron chi connectivity index (χ0n) is 8.74. The van der Waals surface area contributed by atoms with Crippen LogP contribution < -0.4 is 5.84 Å². The third kappa shape index (κ3) is 3.56. The molecule has 0 aromatic heterocycles. The van der Waals surface area contributed by atoms with Gasteiger partial charge in [0.15, 0.2) is 0 Å². The van der Waals surface area contributed by atoms with E-state index in [9.17, 15) is 13.6 Å². The minimum Gasteiger partial charge on any atom is -0.367 e. The Kier molecular flexibility index (Phi) is 4.33. The van der Waals surface area contributed by atoms with Crippen LogP contribution in [0.3, 0.4) is 0 Å². The van der Waals surface area contributed by atoms with Crippen molar-refractivity contribution >= 4 is 5.91 Å². The molecule has 0 saturated carbocycles. The van der Waals surface area contributed by atoms with E-state index < -0.39 is 17.5 Å². The van der Waals surface area contributed by atoms with E-state index in [1.54, 1.807) is 0 Å². The maximum atomic E-state index is 13.1. The van der Waals surface area contributed by atoms with Crippen LogP contribution in [0.2, 0.25) is 0 Å². The van der Waals surface area contributed by atoms with Gasteiger partial charge in [-0.25, -0.2) is 14.6 Å². The second-order valence-corrected chi connectivity index (χ2v) is 3.23. The predicted octanol–water partition coefficient (Wildman–Crippen LogP) is 0.814. The molecule has 0 aliphatic carbocycles. The lowest BCUT2D eigenvalue weighted by molar-refractivity contribution is -0.135. The minimum atomic E-state index is -0.700. The quantitative estimate of drug-likeness (QED) is 0.473. The molecule has 16 heavy (non-hydrogen) atoms. The van der Waals surface area contributed by atoms with Crippen molar-refractivity contribution in [2.75, 3.05) is 13.7 Å². The van der Waals surface area contributed by atoms with Crippen molar-refractivity contribution in [3.8, 4) is 0 Å². The molecule has 2 N–H and O–H groups in total. The highest BCUT2D eigenvalue weighted by Gasteiger charge is 2.07. The van der Waals surface area contributed by atoms with Crippen LogP contribution in [0.1, 0.15) is 5.56 Å². The van der Waals surface area contributed by atoms with Crippen molar-refractivity contribution in [1.29, 1.82) is 0 Å². The first-order valence-corrected chi connectivity index (χ1v) is 4.53. The third-order valence-corrected chi connectivity index (χ3v) is 1.89. The number of ether oxygens (including phenoxy) is 1. The van der Waals surface area contributed by atoms with Crippen LogP contribution >= 0.6 is 0 Å². The minimum absolute atomic E-state index is 0.105. The number of benzene rings is 1. The summed E-state index contributed by atoms with van der Waals surface area (Å²) in [4.78, 5) is 11.0. The summed E-state index contributed by atoms with van der Waals surface area (Å²) in [6.07, 6.45) is 0. The first kappa shape index (κ1) is 12.5. The number of carbonyl (C=O) groups excluding carboxylic acids is 1. The van der Waals surface area contributed by atoms with Crippen molar-refractivity contribution in [2.45, 2.75) is 6.61 Å². The molecule has 1 amide bonds. The van der Waals surface area contributed by atoms with Crippen molar-refractivity contribution < 1.29 is 18.3 Å². The molecular formula is C10H12F2N2O2. The molecule has 6 heteroatoms. The standard InChI is InChI=1S/C10H12F2N2O2/c1-14(13)10(15)6-16-5-7-2-3-8(11)4-9(7)12/h2-4H,5-6,13H2,1H3. The topological polar surface area (TPSA) is 55.6 Å². The number of hydrazine groups is 1. The highest BCUT2D eigenvalue weighted by Crippen LogP contribution is 2.10. The van der Waals surface area contributed by atoms with Gasteiger partial charge in [0.1, 0.15) is 18.2 Å². The fourth-order valence-electron chi connectivity index (χ4n) is 0.989. The van der Waals surface area contributed by atoms with Crippen LogP contribution in [0.5, 0.6) is 0 Å². The summed E-state index contributed by atoms with van der Waals surface area (Å²) in [5, 5.41) is 0.876. The smallest absolute Gasteiger partial charge is 0.262 e. The number of carbonyl (C=O) groups is 1. The first-order chi connectivity index (χ1) is 7.50. The highest BCUT2D eigenvalue weighted by molar-refractivity contribution is 5.76. The lowest BCUT2D eigenvalue weighted by Gasteiger charge is -2.10. The monoisotopic (exact) mass is 230 g/mol. The number of hydrogen-bond acceptors (Lipinski definition) is 3. The number of nitrogens with two attached hydrogens (primary N) is 1. The van der Waals surface area contributed by atoms with Crippen molar-refractivity contribution in [2.24, 2.45) is 5.84 Å². The van der Waals surface area contributed by atoms with Gasteiger partial charge in [0, 0.05) is 18.7 Å². The number of rotatable bonds is 4. The average molecular weight is 230 g/mol. The molecule has 88 valence electrons. The van der Waals surface area contributed by atoms with Crippen molar-refractivity contribution in [3.63, 3.8) is 0 Å².